The number of aromatic nitrogens is 2. The molecule has 2 saturated heterocycles. The molecule has 24 heavy (non-hydrogen) atoms. The molecule has 3 heterocycles. The largest absolute Gasteiger partial charge is 0.376 e. The lowest BCUT2D eigenvalue weighted by Gasteiger charge is -2.29. The molecule has 1 atom stereocenters. The summed E-state index contributed by atoms with van der Waals surface area (Å²) in [5.41, 5.74) is 1.34. The highest BCUT2D eigenvalue weighted by atomic mass is 32.2. The number of hydrogen-bond donors (Lipinski definition) is 0. The Kier molecular flexibility index (Phi) is 5.32. The molecule has 1 aromatic rings. The second kappa shape index (κ2) is 7.14. The first kappa shape index (κ1) is 17.9. The Morgan fingerprint density at radius 3 is 2.50 bits per heavy atom. The SMILES string of the molecule is Cc1nn(C[C@H]2CCCCO2)c(C)c1S(=O)(=O)N1CCC(C)CC1. The van der Waals surface area contributed by atoms with Gasteiger partial charge < -0.3 is 4.74 Å². The third kappa shape index (κ3) is 3.53. The molecular weight excluding hydrogens is 326 g/mol. The number of rotatable bonds is 4. The van der Waals surface area contributed by atoms with Gasteiger partial charge in [0.05, 0.1) is 24.0 Å². The number of hydrogen-bond acceptors (Lipinski definition) is 4. The number of aryl methyl sites for hydroxylation is 1. The predicted octanol–water partition coefficient (Wildman–Crippen LogP) is 2.49. The standard InChI is InChI=1S/C17H29N3O3S/c1-13-7-9-19(10-8-13)24(21,22)17-14(2)18-20(15(17)3)12-16-6-4-5-11-23-16/h13,16H,4-12H2,1-3H3/t16-/m1/s1. The fourth-order valence-corrected chi connectivity index (χ4v) is 5.57. The molecule has 0 radical (unpaired) electrons. The zero-order valence-corrected chi connectivity index (χ0v) is 15.8. The molecule has 2 aliphatic rings. The highest BCUT2D eigenvalue weighted by molar-refractivity contribution is 7.89. The van der Waals surface area contributed by atoms with E-state index in [0.717, 1.165) is 38.0 Å². The van der Waals surface area contributed by atoms with Gasteiger partial charge in [-0.25, -0.2) is 8.42 Å². The van der Waals surface area contributed by atoms with Crippen LogP contribution in [-0.2, 0) is 21.3 Å². The fourth-order valence-electron chi connectivity index (χ4n) is 3.73. The van der Waals surface area contributed by atoms with Crippen LogP contribution < -0.4 is 0 Å². The second-order valence-corrected chi connectivity index (χ2v) is 9.13. The molecule has 136 valence electrons. The Morgan fingerprint density at radius 2 is 1.88 bits per heavy atom. The maximum atomic E-state index is 13.1. The second-order valence-electron chi connectivity index (χ2n) is 7.26. The average molecular weight is 356 g/mol. The molecule has 0 bridgehead atoms. The van der Waals surface area contributed by atoms with Crippen molar-refractivity contribution in [1.82, 2.24) is 14.1 Å². The molecular formula is C17H29N3O3S. The van der Waals surface area contributed by atoms with Crippen molar-refractivity contribution in [3.63, 3.8) is 0 Å². The van der Waals surface area contributed by atoms with Gasteiger partial charge in [-0.2, -0.15) is 9.40 Å². The summed E-state index contributed by atoms with van der Waals surface area (Å²) in [6.07, 6.45) is 5.30. The van der Waals surface area contributed by atoms with Gasteiger partial charge in [-0.3, -0.25) is 4.68 Å². The fraction of sp³-hybridized carbons (Fsp3) is 0.824. The Bertz CT molecular complexity index is 669. The van der Waals surface area contributed by atoms with Crippen molar-refractivity contribution in [2.75, 3.05) is 19.7 Å². The van der Waals surface area contributed by atoms with Crippen molar-refractivity contribution in [3.05, 3.63) is 11.4 Å². The first-order valence-corrected chi connectivity index (χ1v) is 10.5. The maximum absolute atomic E-state index is 13.1. The zero-order chi connectivity index (χ0) is 17.3. The Morgan fingerprint density at radius 1 is 1.17 bits per heavy atom. The van der Waals surface area contributed by atoms with Crippen molar-refractivity contribution >= 4 is 10.0 Å². The summed E-state index contributed by atoms with van der Waals surface area (Å²) in [5.74, 6) is 0.602. The summed E-state index contributed by atoms with van der Waals surface area (Å²) < 4.78 is 35.4. The monoisotopic (exact) mass is 355 g/mol. The molecule has 0 aliphatic carbocycles. The van der Waals surface area contributed by atoms with Gasteiger partial charge in [-0.15, -0.1) is 0 Å². The third-order valence-corrected chi connectivity index (χ3v) is 7.46. The molecule has 2 fully saturated rings. The molecule has 3 rings (SSSR count). The molecule has 0 amide bonds. The number of piperidine rings is 1. The van der Waals surface area contributed by atoms with E-state index in [9.17, 15) is 8.42 Å². The maximum Gasteiger partial charge on any atom is 0.246 e. The molecule has 1 aromatic heterocycles. The van der Waals surface area contributed by atoms with Crippen LogP contribution in [0.25, 0.3) is 0 Å². The number of sulfonamides is 1. The van der Waals surface area contributed by atoms with Crippen molar-refractivity contribution in [2.24, 2.45) is 5.92 Å². The number of nitrogens with zero attached hydrogens (tertiary/aromatic N) is 3. The zero-order valence-electron chi connectivity index (χ0n) is 15.0. The highest BCUT2D eigenvalue weighted by Crippen LogP contribution is 2.28. The summed E-state index contributed by atoms with van der Waals surface area (Å²) >= 11 is 0. The third-order valence-electron chi connectivity index (χ3n) is 5.31. The van der Waals surface area contributed by atoms with Crippen LogP contribution >= 0.6 is 0 Å². The molecule has 2 aliphatic heterocycles. The van der Waals surface area contributed by atoms with E-state index in [2.05, 4.69) is 12.0 Å². The van der Waals surface area contributed by atoms with E-state index in [1.165, 1.54) is 6.42 Å². The summed E-state index contributed by atoms with van der Waals surface area (Å²) in [4.78, 5) is 0.396. The van der Waals surface area contributed by atoms with Gasteiger partial charge in [0.25, 0.3) is 0 Å². The predicted molar refractivity (Wildman–Crippen MR) is 92.4 cm³/mol. The van der Waals surface area contributed by atoms with E-state index in [-0.39, 0.29) is 6.10 Å². The van der Waals surface area contributed by atoms with E-state index < -0.39 is 10.0 Å². The van der Waals surface area contributed by atoms with Crippen molar-refractivity contribution in [2.45, 2.75) is 70.4 Å². The van der Waals surface area contributed by atoms with Crippen LogP contribution in [0.4, 0.5) is 0 Å². The summed E-state index contributed by atoms with van der Waals surface area (Å²) in [6.45, 7) is 8.49. The van der Waals surface area contributed by atoms with E-state index in [1.807, 2.05) is 11.6 Å². The van der Waals surface area contributed by atoms with E-state index in [0.29, 0.717) is 36.1 Å². The van der Waals surface area contributed by atoms with Gasteiger partial charge >= 0.3 is 0 Å². The van der Waals surface area contributed by atoms with Crippen LogP contribution in [0.2, 0.25) is 0 Å². The van der Waals surface area contributed by atoms with Gasteiger partial charge in [0.2, 0.25) is 10.0 Å². The minimum absolute atomic E-state index is 0.142. The first-order chi connectivity index (χ1) is 11.4. The van der Waals surface area contributed by atoms with E-state index in [4.69, 9.17) is 4.74 Å². The lowest BCUT2D eigenvalue weighted by atomic mass is 10.0. The average Bonchev–Trinajstić information content (AvgIpc) is 2.83. The molecule has 0 N–H and O–H groups in total. The Labute approximate surface area is 145 Å². The van der Waals surface area contributed by atoms with Gasteiger partial charge in [0.15, 0.2) is 0 Å². The minimum Gasteiger partial charge on any atom is -0.376 e. The lowest BCUT2D eigenvalue weighted by molar-refractivity contribution is 0.00357. The quantitative estimate of drug-likeness (QED) is 0.832. The first-order valence-electron chi connectivity index (χ1n) is 9.05. The van der Waals surface area contributed by atoms with Crippen LogP contribution in [0.1, 0.15) is 50.4 Å². The smallest absolute Gasteiger partial charge is 0.246 e. The molecule has 0 unspecified atom stereocenters. The normalized spacial score (nSPS) is 24.4. The Balaban J connectivity index is 1.82. The van der Waals surface area contributed by atoms with Gasteiger partial charge in [0, 0.05) is 19.7 Å². The molecule has 7 heteroatoms. The summed E-state index contributed by atoms with van der Waals surface area (Å²) in [6, 6.07) is 0. The van der Waals surface area contributed by atoms with E-state index >= 15 is 0 Å². The summed E-state index contributed by atoms with van der Waals surface area (Å²) in [7, 11) is -3.46. The van der Waals surface area contributed by atoms with Crippen LogP contribution in [0, 0.1) is 19.8 Å². The molecule has 6 nitrogen and oxygen atoms in total. The van der Waals surface area contributed by atoms with Crippen LogP contribution in [0.3, 0.4) is 0 Å². The van der Waals surface area contributed by atoms with Crippen molar-refractivity contribution in [1.29, 1.82) is 0 Å². The van der Waals surface area contributed by atoms with Crippen LogP contribution in [0.15, 0.2) is 4.90 Å². The van der Waals surface area contributed by atoms with Gasteiger partial charge in [0.1, 0.15) is 4.90 Å². The van der Waals surface area contributed by atoms with Gasteiger partial charge in [-0.1, -0.05) is 6.92 Å². The van der Waals surface area contributed by atoms with Crippen LogP contribution in [-0.4, -0.2) is 48.3 Å². The van der Waals surface area contributed by atoms with Crippen LogP contribution in [0.5, 0.6) is 0 Å². The van der Waals surface area contributed by atoms with Crippen molar-refractivity contribution < 1.29 is 13.2 Å². The van der Waals surface area contributed by atoms with Gasteiger partial charge in [-0.05, 0) is 51.9 Å². The molecule has 0 spiro atoms. The minimum atomic E-state index is -3.46. The topological polar surface area (TPSA) is 64.4 Å². The van der Waals surface area contributed by atoms with Crippen molar-refractivity contribution in [3.8, 4) is 0 Å². The molecule has 0 aromatic carbocycles. The Hall–Kier alpha value is -0.920. The lowest BCUT2D eigenvalue weighted by Crippen LogP contribution is -2.38. The van der Waals surface area contributed by atoms with E-state index in [1.54, 1.807) is 11.2 Å². The molecule has 0 saturated carbocycles. The number of ether oxygens (including phenoxy) is 1. The highest BCUT2D eigenvalue weighted by Gasteiger charge is 2.33. The summed E-state index contributed by atoms with van der Waals surface area (Å²) in [5, 5.41) is 4.51.